The first-order chi connectivity index (χ1) is 7.93. The Morgan fingerprint density at radius 1 is 0.824 bits per heavy atom. The molecule has 2 rings (SSSR count). The Hall–Kier alpha value is 0.0200. The van der Waals surface area contributed by atoms with Crippen molar-refractivity contribution in [2.45, 2.75) is 0 Å². The molecule has 1 heterocycles. The highest BCUT2D eigenvalue weighted by molar-refractivity contribution is 9.15. The van der Waals surface area contributed by atoms with E-state index in [1.54, 1.807) is 6.07 Å². The maximum Gasteiger partial charge on any atom is 0.258 e. The van der Waals surface area contributed by atoms with Gasteiger partial charge in [0.25, 0.3) is 11.8 Å². The minimum Gasteiger partial charge on any atom is -0.269 e. The fourth-order valence-electron chi connectivity index (χ4n) is 1.36. The van der Waals surface area contributed by atoms with E-state index in [2.05, 4.69) is 63.7 Å². The third-order valence-corrected chi connectivity index (χ3v) is 6.77. The van der Waals surface area contributed by atoms with Gasteiger partial charge in [-0.2, -0.15) is 0 Å². The average molecular weight is 489 g/mol. The van der Waals surface area contributed by atoms with Crippen molar-refractivity contribution in [3.8, 4) is 0 Å². The first-order valence-corrected chi connectivity index (χ1v) is 7.50. The number of hydrogen-bond acceptors (Lipinski definition) is 2. The van der Waals surface area contributed by atoms with Crippen molar-refractivity contribution in [1.82, 2.24) is 0 Å². The third kappa shape index (κ3) is 2.30. The molecule has 0 spiro atoms. The number of hydrogen-bond donors (Lipinski definition) is 0. The summed E-state index contributed by atoms with van der Waals surface area (Å²) in [6.07, 6.45) is 2.50. The Labute approximate surface area is 131 Å². The number of amides is 2. The van der Waals surface area contributed by atoms with E-state index in [4.69, 9.17) is 0 Å². The quantitative estimate of drug-likeness (QED) is 0.338. The molecule has 0 aliphatic carbocycles. The number of anilines is 1. The molecule has 0 radical (unpaired) electrons. The highest BCUT2D eigenvalue weighted by Gasteiger charge is 2.28. The van der Waals surface area contributed by atoms with E-state index in [-0.39, 0.29) is 11.8 Å². The Morgan fingerprint density at radius 3 is 1.88 bits per heavy atom. The zero-order chi connectivity index (χ0) is 12.7. The lowest BCUT2D eigenvalue weighted by molar-refractivity contribution is -0.119. The van der Waals surface area contributed by atoms with Crippen LogP contribution in [0.25, 0.3) is 0 Å². The average Bonchev–Trinajstić information content (AvgIpc) is 2.61. The van der Waals surface area contributed by atoms with Gasteiger partial charge >= 0.3 is 0 Å². The topological polar surface area (TPSA) is 37.4 Å². The molecule has 0 aromatic heterocycles. The minimum atomic E-state index is -0.350. The van der Waals surface area contributed by atoms with Crippen molar-refractivity contribution in [2.75, 3.05) is 4.90 Å². The third-order valence-electron chi connectivity index (χ3n) is 2.13. The van der Waals surface area contributed by atoms with E-state index >= 15 is 0 Å². The largest absolute Gasteiger partial charge is 0.269 e. The van der Waals surface area contributed by atoms with Gasteiger partial charge in [-0.1, -0.05) is 0 Å². The lowest BCUT2D eigenvalue weighted by Crippen LogP contribution is -2.30. The van der Waals surface area contributed by atoms with Crippen LogP contribution in [0, 0.1) is 0 Å². The van der Waals surface area contributed by atoms with E-state index < -0.39 is 0 Å². The van der Waals surface area contributed by atoms with Gasteiger partial charge in [-0.05, 0) is 69.8 Å². The summed E-state index contributed by atoms with van der Waals surface area (Å²) >= 11 is 13.5. The summed E-state index contributed by atoms with van der Waals surface area (Å²) in [6, 6.07) is 1.70. The smallest absolute Gasteiger partial charge is 0.258 e. The second kappa shape index (κ2) is 4.95. The fourth-order valence-corrected chi connectivity index (χ4v) is 3.53. The summed E-state index contributed by atoms with van der Waals surface area (Å²) in [5.74, 6) is -0.700. The van der Waals surface area contributed by atoms with E-state index in [0.717, 1.165) is 18.3 Å². The zero-order valence-electron chi connectivity index (χ0n) is 8.01. The van der Waals surface area contributed by atoms with Gasteiger partial charge in [-0.3, -0.25) is 9.59 Å². The highest BCUT2D eigenvalue weighted by Crippen LogP contribution is 2.43. The number of nitrogens with zero attached hydrogens (tertiary/aromatic N) is 1. The predicted molar refractivity (Wildman–Crippen MR) is 78.9 cm³/mol. The predicted octanol–water partition coefficient (Wildman–Crippen LogP) is 4.17. The standard InChI is InChI=1S/C10H3Br4NO2/c11-4-3-5(9(13)10(14)8(4)12)15-6(16)1-2-7(15)17/h1-3H. The Balaban J connectivity index is 2.61. The molecule has 0 unspecified atom stereocenters. The number of carbonyl (C=O) groups is 2. The van der Waals surface area contributed by atoms with Crippen molar-refractivity contribution in [1.29, 1.82) is 0 Å². The van der Waals surface area contributed by atoms with Crippen LogP contribution in [-0.2, 0) is 9.59 Å². The van der Waals surface area contributed by atoms with Crippen molar-refractivity contribution < 1.29 is 9.59 Å². The molecule has 0 atom stereocenters. The van der Waals surface area contributed by atoms with Crippen LogP contribution < -0.4 is 4.90 Å². The molecule has 0 saturated heterocycles. The summed E-state index contributed by atoms with van der Waals surface area (Å²) < 4.78 is 2.92. The lowest BCUT2D eigenvalue weighted by Gasteiger charge is -2.18. The number of benzene rings is 1. The SMILES string of the molecule is O=C1C=CC(=O)N1c1cc(Br)c(Br)c(Br)c1Br. The molecule has 3 nitrogen and oxygen atoms in total. The molecule has 2 amide bonds. The van der Waals surface area contributed by atoms with Gasteiger partial charge in [0.15, 0.2) is 0 Å². The molecular formula is C10H3Br4NO2. The monoisotopic (exact) mass is 485 g/mol. The maximum atomic E-state index is 11.6. The Kier molecular flexibility index (Phi) is 3.92. The normalized spacial score (nSPS) is 14.9. The second-order valence-corrected chi connectivity index (χ2v) is 6.40. The molecule has 17 heavy (non-hydrogen) atoms. The van der Waals surface area contributed by atoms with Crippen LogP contribution >= 0.6 is 63.7 Å². The summed E-state index contributed by atoms with van der Waals surface area (Å²) in [4.78, 5) is 24.3. The summed E-state index contributed by atoms with van der Waals surface area (Å²) in [5.41, 5.74) is 0.493. The van der Waals surface area contributed by atoms with E-state index in [9.17, 15) is 9.59 Å². The van der Waals surface area contributed by atoms with Crippen LogP contribution in [0.1, 0.15) is 0 Å². The van der Waals surface area contributed by atoms with Crippen LogP contribution in [0.2, 0.25) is 0 Å². The van der Waals surface area contributed by atoms with Crippen LogP contribution in [0.3, 0.4) is 0 Å². The van der Waals surface area contributed by atoms with Gasteiger partial charge in [0.2, 0.25) is 0 Å². The molecule has 0 bridgehead atoms. The van der Waals surface area contributed by atoms with Crippen LogP contribution in [-0.4, -0.2) is 11.8 Å². The highest BCUT2D eigenvalue weighted by atomic mass is 79.9. The molecule has 1 aromatic carbocycles. The molecule has 1 aliphatic heterocycles. The van der Waals surface area contributed by atoms with Gasteiger partial charge < -0.3 is 0 Å². The number of rotatable bonds is 1. The first-order valence-electron chi connectivity index (χ1n) is 4.32. The number of carbonyl (C=O) groups excluding carboxylic acids is 2. The first kappa shape index (κ1) is 13.5. The Bertz CT molecular complexity index is 550. The zero-order valence-corrected chi connectivity index (χ0v) is 14.4. The molecular weight excluding hydrogens is 486 g/mol. The van der Waals surface area contributed by atoms with E-state index in [1.807, 2.05) is 0 Å². The molecule has 7 heteroatoms. The van der Waals surface area contributed by atoms with E-state index in [1.165, 1.54) is 12.2 Å². The van der Waals surface area contributed by atoms with Gasteiger partial charge in [-0.25, -0.2) is 4.90 Å². The van der Waals surface area contributed by atoms with Crippen LogP contribution in [0.5, 0.6) is 0 Å². The maximum absolute atomic E-state index is 11.6. The van der Waals surface area contributed by atoms with Crippen molar-refractivity contribution in [3.05, 3.63) is 36.1 Å². The molecule has 0 fully saturated rings. The lowest BCUT2D eigenvalue weighted by atomic mass is 10.3. The molecule has 1 aromatic rings. The van der Waals surface area contributed by atoms with Crippen molar-refractivity contribution >= 4 is 81.2 Å². The summed E-state index contributed by atoms with van der Waals surface area (Å²) in [7, 11) is 0. The molecule has 88 valence electrons. The van der Waals surface area contributed by atoms with Crippen LogP contribution in [0.15, 0.2) is 36.1 Å². The summed E-state index contributed by atoms with van der Waals surface area (Å²) in [6.45, 7) is 0. The van der Waals surface area contributed by atoms with Gasteiger partial charge in [0.05, 0.1) is 10.2 Å². The second-order valence-electron chi connectivity index (χ2n) is 3.16. The molecule has 1 aliphatic rings. The van der Waals surface area contributed by atoms with Crippen LogP contribution in [0.4, 0.5) is 5.69 Å². The fraction of sp³-hybridized carbons (Fsp3) is 0. The van der Waals surface area contributed by atoms with Gasteiger partial charge in [0.1, 0.15) is 0 Å². The van der Waals surface area contributed by atoms with Crippen molar-refractivity contribution in [3.63, 3.8) is 0 Å². The summed E-state index contributed by atoms with van der Waals surface area (Å²) in [5, 5.41) is 0. The van der Waals surface area contributed by atoms with Crippen molar-refractivity contribution in [2.24, 2.45) is 0 Å². The number of imide groups is 1. The van der Waals surface area contributed by atoms with Gasteiger partial charge in [0, 0.05) is 25.6 Å². The molecule has 0 N–H and O–H groups in total. The Morgan fingerprint density at radius 2 is 1.35 bits per heavy atom. The molecule has 0 saturated carbocycles. The van der Waals surface area contributed by atoms with Gasteiger partial charge in [-0.15, -0.1) is 0 Å². The number of halogens is 4. The minimum absolute atomic E-state index is 0.350. The van der Waals surface area contributed by atoms with E-state index in [0.29, 0.717) is 10.2 Å².